The van der Waals surface area contributed by atoms with E-state index in [1.165, 1.54) is 12.1 Å². The molecule has 150 valence electrons. The number of carbonyl (C=O) groups is 1. The van der Waals surface area contributed by atoms with Gasteiger partial charge in [-0.2, -0.15) is 0 Å². The second-order valence-corrected chi connectivity index (χ2v) is 8.63. The van der Waals surface area contributed by atoms with Gasteiger partial charge >= 0.3 is 0 Å². The Balaban J connectivity index is 1.68. The van der Waals surface area contributed by atoms with Crippen molar-refractivity contribution < 1.29 is 17.9 Å². The van der Waals surface area contributed by atoms with E-state index < -0.39 is 15.4 Å². The fraction of sp³-hybridized carbons (Fsp3) is 0.421. The molecular weight excluding hydrogens is 380 g/mol. The van der Waals surface area contributed by atoms with Crippen LogP contribution in [-0.4, -0.2) is 37.5 Å². The maximum Gasteiger partial charge on any atom is 0.263 e. The lowest BCUT2D eigenvalue weighted by molar-refractivity contribution is -0.123. The summed E-state index contributed by atoms with van der Waals surface area (Å²) < 4.78 is 33.0. The lowest BCUT2D eigenvalue weighted by Crippen LogP contribution is -2.28. The highest BCUT2D eigenvalue weighted by atomic mass is 32.2. The summed E-state index contributed by atoms with van der Waals surface area (Å²) in [7, 11) is -3.79. The van der Waals surface area contributed by atoms with Gasteiger partial charge in [-0.05, 0) is 57.9 Å². The number of nitrogens with one attached hydrogen (secondary N) is 2. The van der Waals surface area contributed by atoms with Crippen LogP contribution in [0.1, 0.15) is 31.3 Å². The van der Waals surface area contributed by atoms with E-state index in [2.05, 4.69) is 20.0 Å². The minimum atomic E-state index is -3.79. The fourth-order valence-electron chi connectivity index (χ4n) is 2.83. The van der Waals surface area contributed by atoms with Crippen molar-refractivity contribution in [2.24, 2.45) is 5.41 Å². The van der Waals surface area contributed by atoms with Crippen molar-refractivity contribution in [2.75, 3.05) is 23.3 Å². The molecule has 3 rings (SSSR count). The van der Waals surface area contributed by atoms with Gasteiger partial charge in [-0.1, -0.05) is 0 Å². The molecular formula is C19H24N4O4S. The lowest BCUT2D eigenvalue weighted by Gasteiger charge is -2.15. The third-order valence-corrected chi connectivity index (χ3v) is 5.92. The van der Waals surface area contributed by atoms with Crippen LogP contribution >= 0.6 is 0 Å². The molecule has 0 saturated heterocycles. The maximum absolute atomic E-state index is 12.6. The Morgan fingerprint density at radius 2 is 1.86 bits per heavy atom. The Morgan fingerprint density at radius 3 is 2.43 bits per heavy atom. The zero-order chi connectivity index (χ0) is 20.4. The summed E-state index contributed by atoms with van der Waals surface area (Å²) in [6.07, 6.45) is 1.60. The molecule has 1 saturated carbocycles. The number of ether oxygens (including phenoxy) is 1. The van der Waals surface area contributed by atoms with Crippen LogP contribution in [0.2, 0.25) is 0 Å². The minimum absolute atomic E-state index is 0.0786. The molecule has 1 fully saturated rings. The minimum Gasteiger partial charge on any atom is -0.381 e. The van der Waals surface area contributed by atoms with Gasteiger partial charge in [0.1, 0.15) is 11.6 Å². The van der Waals surface area contributed by atoms with Crippen LogP contribution < -0.4 is 10.0 Å². The molecule has 8 nitrogen and oxygen atoms in total. The fourth-order valence-corrected chi connectivity index (χ4v) is 3.82. The highest BCUT2D eigenvalue weighted by molar-refractivity contribution is 7.92. The number of rotatable bonds is 8. The highest BCUT2D eigenvalue weighted by Crippen LogP contribution is 2.46. The van der Waals surface area contributed by atoms with E-state index in [4.69, 9.17) is 4.74 Å². The molecule has 0 aliphatic heterocycles. The normalized spacial score (nSPS) is 15.1. The first-order valence-corrected chi connectivity index (χ1v) is 10.6. The molecule has 1 aromatic carbocycles. The molecule has 0 radical (unpaired) electrons. The number of anilines is 2. The molecule has 9 heteroatoms. The van der Waals surface area contributed by atoms with Gasteiger partial charge in [-0.3, -0.25) is 9.52 Å². The van der Waals surface area contributed by atoms with Crippen LogP contribution in [0.25, 0.3) is 0 Å². The van der Waals surface area contributed by atoms with E-state index in [-0.39, 0.29) is 16.6 Å². The number of aromatic nitrogens is 2. The van der Waals surface area contributed by atoms with Gasteiger partial charge in [0.25, 0.3) is 10.0 Å². The van der Waals surface area contributed by atoms with Crippen molar-refractivity contribution in [3.63, 3.8) is 0 Å². The Morgan fingerprint density at radius 1 is 1.18 bits per heavy atom. The third kappa shape index (κ3) is 4.66. The van der Waals surface area contributed by atoms with Crippen molar-refractivity contribution in [1.29, 1.82) is 0 Å². The smallest absolute Gasteiger partial charge is 0.263 e. The number of sulfonamides is 1. The average Bonchev–Trinajstić information content (AvgIpc) is 3.40. The van der Waals surface area contributed by atoms with Crippen LogP contribution in [0.4, 0.5) is 11.5 Å². The summed E-state index contributed by atoms with van der Waals surface area (Å²) in [6, 6.07) is 7.59. The molecule has 1 aromatic heterocycles. The van der Waals surface area contributed by atoms with Gasteiger partial charge in [0.15, 0.2) is 0 Å². The topological polar surface area (TPSA) is 110 Å². The number of benzene rings is 1. The van der Waals surface area contributed by atoms with E-state index in [1.807, 2.05) is 6.92 Å². The number of hydrogen-bond donors (Lipinski definition) is 2. The molecule has 1 heterocycles. The molecule has 1 aliphatic carbocycles. The third-order valence-electron chi connectivity index (χ3n) is 4.55. The molecule has 28 heavy (non-hydrogen) atoms. The Bertz CT molecular complexity index is 950. The number of carbonyl (C=O) groups excluding carboxylic acids is 1. The molecule has 2 aromatic rings. The predicted molar refractivity (Wildman–Crippen MR) is 106 cm³/mol. The summed E-state index contributed by atoms with van der Waals surface area (Å²) in [5.41, 5.74) is 0.759. The van der Waals surface area contributed by atoms with E-state index in [1.54, 1.807) is 32.0 Å². The van der Waals surface area contributed by atoms with Crippen molar-refractivity contribution in [3.05, 3.63) is 41.9 Å². The van der Waals surface area contributed by atoms with Gasteiger partial charge in [-0.15, -0.1) is 0 Å². The number of amides is 1. The van der Waals surface area contributed by atoms with Crippen LogP contribution in [-0.2, 0) is 19.6 Å². The first-order chi connectivity index (χ1) is 13.2. The van der Waals surface area contributed by atoms with Crippen LogP contribution in [0.15, 0.2) is 35.2 Å². The second-order valence-electron chi connectivity index (χ2n) is 6.94. The summed E-state index contributed by atoms with van der Waals surface area (Å²) >= 11 is 0. The van der Waals surface area contributed by atoms with Crippen molar-refractivity contribution in [2.45, 2.75) is 38.5 Å². The SMILES string of the molecule is CCOCC1(C(=O)Nc2ccc(S(=O)(=O)Nc3cc(C)nc(C)n3)cc2)CC1. The summed E-state index contributed by atoms with van der Waals surface area (Å²) in [6.45, 7) is 6.33. The van der Waals surface area contributed by atoms with E-state index in [0.717, 1.165) is 12.8 Å². The standard InChI is InChI=1S/C19H24N4O4S/c1-4-27-12-19(9-10-19)18(24)22-15-5-7-16(8-6-15)28(25,26)23-17-11-13(2)20-14(3)21-17/h5-8,11H,4,9-10,12H2,1-3H3,(H,22,24)(H,20,21,23). The first kappa shape index (κ1) is 20.2. The zero-order valence-corrected chi connectivity index (χ0v) is 17.0. The van der Waals surface area contributed by atoms with Gasteiger partial charge in [0, 0.05) is 24.1 Å². The van der Waals surface area contributed by atoms with E-state index in [9.17, 15) is 13.2 Å². The molecule has 1 aliphatic rings. The molecule has 0 spiro atoms. The summed E-state index contributed by atoms with van der Waals surface area (Å²) in [5.74, 6) is 0.604. The monoisotopic (exact) mass is 404 g/mol. The first-order valence-electron chi connectivity index (χ1n) is 9.08. The number of nitrogens with zero attached hydrogens (tertiary/aromatic N) is 2. The molecule has 2 N–H and O–H groups in total. The van der Waals surface area contributed by atoms with Gasteiger partial charge in [0.05, 0.1) is 16.9 Å². The Labute approximate surface area is 164 Å². The second kappa shape index (κ2) is 7.84. The quantitative estimate of drug-likeness (QED) is 0.700. The Hall–Kier alpha value is -2.52. The van der Waals surface area contributed by atoms with Crippen LogP contribution in [0, 0.1) is 19.3 Å². The summed E-state index contributed by atoms with van der Waals surface area (Å²) in [4.78, 5) is 20.7. The maximum atomic E-state index is 12.6. The van der Waals surface area contributed by atoms with Crippen molar-refractivity contribution in [3.8, 4) is 0 Å². The summed E-state index contributed by atoms with van der Waals surface area (Å²) in [5, 5.41) is 2.84. The largest absolute Gasteiger partial charge is 0.381 e. The average molecular weight is 404 g/mol. The Kier molecular flexibility index (Phi) is 5.66. The molecule has 0 unspecified atom stereocenters. The van der Waals surface area contributed by atoms with E-state index >= 15 is 0 Å². The molecule has 0 bridgehead atoms. The number of hydrogen-bond acceptors (Lipinski definition) is 6. The van der Waals surface area contributed by atoms with Crippen molar-refractivity contribution in [1.82, 2.24) is 9.97 Å². The molecule has 0 atom stereocenters. The predicted octanol–water partition coefficient (Wildman–Crippen LogP) is 2.65. The van der Waals surface area contributed by atoms with Gasteiger partial charge < -0.3 is 10.1 Å². The number of aryl methyl sites for hydroxylation is 2. The van der Waals surface area contributed by atoms with Crippen molar-refractivity contribution >= 4 is 27.4 Å². The molecule has 1 amide bonds. The van der Waals surface area contributed by atoms with Gasteiger partial charge in [-0.25, -0.2) is 18.4 Å². The van der Waals surface area contributed by atoms with Gasteiger partial charge in [0.2, 0.25) is 5.91 Å². The van der Waals surface area contributed by atoms with Crippen LogP contribution in [0.3, 0.4) is 0 Å². The lowest BCUT2D eigenvalue weighted by atomic mass is 10.1. The highest BCUT2D eigenvalue weighted by Gasteiger charge is 2.50. The zero-order valence-electron chi connectivity index (χ0n) is 16.2. The van der Waals surface area contributed by atoms with Crippen LogP contribution in [0.5, 0.6) is 0 Å². The van der Waals surface area contributed by atoms with E-state index in [0.29, 0.717) is 30.4 Å².